The molecule has 0 saturated heterocycles. The van der Waals surface area contributed by atoms with Crippen LogP contribution < -0.4 is 8.92 Å². The van der Waals surface area contributed by atoms with Crippen molar-refractivity contribution in [2.24, 2.45) is 0 Å². The summed E-state index contributed by atoms with van der Waals surface area (Å²) in [6.07, 6.45) is 0.276. The Morgan fingerprint density at radius 1 is 0.879 bits per heavy atom. The summed E-state index contributed by atoms with van der Waals surface area (Å²) in [6, 6.07) is 23.6. The number of rotatable bonds is 7. The third kappa shape index (κ3) is 5.48. The largest absolute Gasteiger partial charge is 0.534 e. The molecule has 33 heavy (non-hydrogen) atoms. The minimum Gasteiger partial charge on any atom is -0.492 e. The number of hydrogen-bond acceptors (Lipinski definition) is 5. The summed E-state index contributed by atoms with van der Waals surface area (Å²) >= 11 is 0. The number of alkyl halides is 3. The van der Waals surface area contributed by atoms with Crippen molar-refractivity contribution in [3.05, 3.63) is 95.6 Å². The fraction of sp³-hybridized carbons (Fsp3) is 0.250. The van der Waals surface area contributed by atoms with Gasteiger partial charge in [-0.05, 0) is 29.7 Å². The van der Waals surface area contributed by atoms with Crippen LogP contribution in [0.2, 0.25) is 0 Å². The van der Waals surface area contributed by atoms with Crippen molar-refractivity contribution in [1.29, 1.82) is 0 Å². The molecular formula is C24H22F3NO4S. The Hall–Kier alpha value is -3.04. The molecule has 0 fully saturated rings. The molecule has 0 N–H and O–H groups in total. The quantitative estimate of drug-likeness (QED) is 0.357. The summed E-state index contributed by atoms with van der Waals surface area (Å²) in [5.41, 5.74) is -3.07. The standard InChI is InChI=1S/C24H22F3NO4S/c25-24(26,27)33(29,30)32-23-13-7-12-22-21(23)14-20(17-31-22)28(15-18-8-3-1-4-9-18)16-19-10-5-2-6-11-19/h1-13,20H,14-17H2/t20-/m0/s1. The van der Waals surface area contributed by atoms with Crippen molar-refractivity contribution in [3.63, 3.8) is 0 Å². The van der Waals surface area contributed by atoms with Crippen LogP contribution in [0.3, 0.4) is 0 Å². The lowest BCUT2D eigenvalue weighted by Crippen LogP contribution is -2.42. The second-order valence-electron chi connectivity index (χ2n) is 7.76. The molecule has 9 heteroatoms. The maximum absolute atomic E-state index is 12.9. The first-order valence-corrected chi connectivity index (χ1v) is 11.7. The van der Waals surface area contributed by atoms with Crippen molar-refractivity contribution in [3.8, 4) is 11.5 Å². The minimum absolute atomic E-state index is 0.212. The Morgan fingerprint density at radius 2 is 1.45 bits per heavy atom. The minimum atomic E-state index is -5.79. The average Bonchev–Trinajstić information content (AvgIpc) is 2.79. The van der Waals surface area contributed by atoms with Crippen LogP contribution in [0.25, 0.3) is 0 Å². The van der Waals surface area contributed by atoms with Gasteiger partial charge in [0.25, 0.3) is 0 Å². The van der Waals surface area contributed by atoms with Gasteiger partial charge in [-0.2, -0.15) is 21.6 Å². The van der Waals surface area contributed by atoms with Crippen molar-refractivity contribution in [2.45, 2.75) is 31.1 Å². The maximum Gasteiger partial charge on any atom is 0.534 e. The molecule has 1 aliphatic heterocycles. The van der Waals surface area contributed by atoms with Crippen LogP contribution >= 0.6 is 0 Å². The smallest absolute Gasteiger partial charge is 0.492 e. The van der Waals surface area contributed by atoms with Gasteiger partial charge in [-0.1, -0.05) is 66.7 Å². The maximum atomic E-state index is 12.9. The van der Waals surface area contributed by atoms with Gasteiger partial charge in [-0.25, -0.2) is 0 Å². The van der Waals surface area contributed by atoms with Gasteiger partial charge < -0.3 is 8.92 Å². The highest BCUT2D eigenvalue weighted by Crippen LogP contribution is 2.37. The van der Waals surface area contributed by atoms with E-state index < -0.39 is 15.6 Å². The van der Waals surface area contributed by atoms with E-state index in [-0.39, 0.29) is 18.2 Å². The second kappa shape index (κ2) is 9.44. The summed E-state index contributed by atoms with van der Waals surface area (Å²) < 4.78 is 72.2. The number of nitrogens with zero attached hydrogens (tertiary/aromatic N) is 1. The van der Waals surface area contributed by atoms with Crippen LogP contribution in [0.4, 0.5) is 13.2 Å². The fourth-order valence-corrected chi connectivity index (χ4v) is 4.28. The first-order valence-electron chi connectivity index (χ1n) is 10.3. The summed E-state index contributed by atoms with van der Waals surface area (Å²) in [5, 5.41) is 0. The second-order valence-corrected chi connectivity index (χ2v) is 9.30. The van der Waals surface area contributed by atoms with E-state index in [0.717, 1.165) is 11.1 Å². The highest BCUT2D eigenvalue weighted by atomic mass is 32.2. The molecule has 0 aliphatic carbocycles. The highest BCUT2D eigenvalue weighted by Gasteiger charge is 2.49. The van der Waals surface area contributed by atoms with E-state index in [1.807, 2.05) is 60.7 Å². The van der Waals surface area contributed by atoms with Gasteiger partial charge in [0.1, 0.15) is 18.1 Å². The number of hydrogen-bond donors (Lipinski definition) is 0. The van der Waals surface area contributed by atoms with E-state index in [4.69, 9.17) is 4.74 Å². The van der Waals surface area contributed by atoms with Crippen LogP contribution in [-0.4, -0.2) is 31.5 Å². The van der Waals surface area contributed by atoms with Gasteiger partial charge >= 0.3 is 15.6 Å². The van der Waals surface area contributed by atoms with Crippen molar-refractivity contribution < 1.29 is 30.5 Å². The zero-order valence-electron chi connectivity index (χ0n) is 17.5. The summed E-state index contributed by atoms with van der Waals surface area (Å²) in [4.78, 5) is 2.17. The lowest BCUT2D eigenvalue weighted by molar-refractivity contribution is -0.0500. The summed E-state index contributed by atoms with van der Waals surface area (Å²) in [5.74, 6) is -0.0469. The zero-order valence-corrected chi connectivity index (χ0v) is 18.4. The Morgan fingerprint density at radius 3 is 2.00 bits per heavy atom. The van der Waals surface area contributed by atoms with Crippen LogP contribution in [0.1, 0.15) is 16.7 Å². The third-order valence-corrected chi connectivity index (χ3v) is 6.38. The molecule has 4 rings (SSSR count). The average molecular weight is 478 g/mol. The van der Waals surface area contributed by atoms with Crippen LogP contribution in [0, 0.1) is 0 Å². The Balaban J connectivity index is 1.62. The lowest BCUT2D eigenvalue weighted by atomic mass is 9.99. The van der Waals surface area contributed by atoms with E-state index in [2.05, 4.69) is 9.08 Å². The predicted molar refractivity (Wildman–Crippen MR) is 117 cm³/mol. The van der Waals surface area contributed by atoms with Gasteiger partial charge in [0.05, 0.1) is 0 Å². The highest BCUT2D eigenvalue weighted by molar-refractivity contribution is 7.88. The molecule has 0 radical (unpaired) electrons. The molecule has 3 aromatic carbocycles. The van der Waals surface area contributed by atoms with E-state index >= 15 is 0 Å². The Labute approximate surface area is 190 Å². The molecule has 5 nitrogen and oxygen atoms in total. The van der Waals surface area contributed by atoms with E-state index in [9.17, 15) is 21.6 Å². The molecule has 0 spiro atoms. The van der Waals surface area contributed by atoms with Crippen LogP contribution in [0.5, 0.6) is 11.5 Å². The molecular weight excluding hydrogens is 455 g/mol. The fourth-order valence-electron chi connectivity index (χ4n) is 3.79. The summed E-state index contributed by atoms with van der Waals surface area (Å²) in [6.45, 7) is 1.48. The molecule has 0 saturated carbocycles. The normalized spacial score (nSPS) is 16.2. The number of halogens is 3. The number of benzene rings is 3. The molecule has 3 aromatic rings. The predicted octanol–water partition coefficient (Wildman–Crippen LogP) is 4.92. The van der Waals surface area contributed by atoms with Gasteiger partial charge in [-0.3, -0.25) is 4.90 Å². The van der Waals surface area contributed by atoms with Gasteiger partial charge in [0.2, 0.25) is 0 Å². The molecule has 1 aliphatic rings. The van der Waals surface area contributed by atoms with Crippen molar-refractivity contribution in [2.75, 3.05) is 6.61 Å². The van der Waals surface area contributed by atoms with Crippen molar-refractivity contribution in [1.82, 2.24) is 4.90 Å². The summed E-state index contributed by atoms with van der Waals surface area (Å²) in [7, 11) is -5.79. The molecule has 0 aromatic heterocycles. The van der Waals surface area contributed by atoms with Gasteiger partial charge in [-0.15, -0.1) is 0 Å². The molecule has 0 amide bonds. The molecule has 0 bridgehead atoms. The molecule has 174 valence electrons. The SMILES string of the molecule is O=S(=O)(Oc1cccc2c1C[C@H](N(Cc1ccccc1)Cc1ccccc1)CO2)C(F)(F)F. The van der Waals surface area contributed by atoms with E-state index in [0.29, 0.717) is 31.0 Å². The zero-order chi connectivity index (χ0) is 23.5. The Kier molecular flexibility index (Phi) is 6.62. The topological polar surface area (TPSA) is 55.8 Å². The van der Waals surface area contributed by atoms with E-state index in [1.54, 1.807) is 6.07 Å². The lowest BCUT2D eigenvalue weighted by Gasteiger charge is -2.35. The Bertz CT molecular complexity index is 1140. The van der Waals surface area contributed by atoms with Crippen LogP contribution in [0.15, 0.2) is 78.9 Å². The first-order chi connectivity index (χ1) is 15.7. The van der Waals surface area contributed by atoms with Crippen molar-refractivity contribution >= 4 is 10.1 Å². The number of ether oxygens (including phenoxy) is 1. The monoisotopic (exact) mass is 477 g/mol. The third-order valence-electron chi connectivity index (χ3n) is 5.42. The molecule has 0 unspecified atom stereocenters. The molecule has 1 atom stereocenters. The van der Waals surface area contributed by atoms with Gasteiger partial charge in [0.15, 0.2) is 0 Å². The van der Waals surface area contributed by atoms with E-state index in [1.165, 1.54) is 12.1 Å². The van der Waals surface area contributed by atoms with Crippen LogP contribution in [-0.2, 0) is 29.6 Å². The molecule has 1 heterocycles. The number of fused-ring (bicyclic) bond motifs is 1. The first kappa shape index (κ1) is 23.1. The van der Waals surface area contributed by atoms with Gasteiger partial charge in [0, 0.05) is 24.7 Å².